The van der Waals surface area contributed by atoms with Gasteiger partial charge in [-0.2, -0.15) is 0 Å². The second kappa shape index (κ2) is 19.3. The van der Waals surface area contributed by atoms with Crippen molar-refractivity contribution in [1.82, 2.24) is 24.7 Å². The van der Waals surface area contributed by atoms with Crippen LogP contribution in [0.3, 0.4) is 0 Å². The van der Waals surface area contributed by atoms with Crippen LogP contribution in [0.5, 0.6) is 17.2 Å². The molecular formula is C47H46N6O19. The summed E-state index contributed by atoms with van der Waals surface area (Å²) in [6, 6.07) is 8.99. The average molecular weight is 999 g/mol. The number of nitrogens with zero attached hydrogens (tertiary/aromatic N) is 4. The van der Waals surface area contributed by atoms with E-state index in [1.165, 1.54) is 34.6 Å². The van der Waals surface area contributed by atoms with Crippen molar-refractivity contribution in [2.45, 2.75) is 89.3 Å². The zero-order valence-corrected chi connectivity index (χ0v) is 38.3. The van der Waals surface area contributed by atoms with Crippen molar-refractivity contribution in [3.63, 3.8) is 0 Å². The fourth-order valence-corrected chi connectivity index (χ4v) is 8.84. The van der Waals surface area contributed by atoms with Crippen LogP contribution < -0.4 is 30.4 Å². The number of rotatable bonds is 15. The molecule has 7 heterocycles. The van der Waals surface area contributed by atoms with Gasteiger partial charge in [0.1, 0.15) is 37.3 Å². The van der Waals surface area contributed by atoms with E-state index in [1.54, 1.807) is 25.1 Å². The summed E-state index contributed by atoms with van der Waals surface area (Å²) in [7, 11) is 0. The van der Waals surface area contributed by atoms with Gasteiger partial charge in [0.05, 0.1) is 41.2 Å². The lowest BCUT2D eigenvalue weighted by atomic mass is 9.89. The Hall–Kier alpha value is -7.97. The first-order chi connectivity index (χ1) is 34.3. The average Bonchev–Trinajstić information content (AvgIpc) is 4.06. The molecule has 0 aliphatic carbocycles. The number of amides is 5. The first kappa shape index (κ1) is 49.0. The number of cyclic esters (lactones) is 1. The fraction of sp³-hybridized carbons (Fsp3) is 0.383. The highest BCUT2D eigenvalue weighted by Crippen LogP contribution is 2.43. The van der Waals surface area contributed by atoms with Crippen molar-refractivity contribution in [2.24, 2.45) is 0 Å². The number of aromatic nitrogens is 2. The smallest absolute Gasteiger partial charge is 0.410 e. The summed E-state index contributed by atoms with van der Waals surface area (Å²) in [6.07, 6.45) is -9.06. The lowest BCUT2D eigenvalue weighted by Crippen LogP contribution is -2.61. The molecule has 0 spiro atoms. The van der Waals surface area contributed by atoms with Gasteiger partial charge in [-0.15, -0.1) is 0 Å². The molecule has 0 unspecified atom stereocenters. The normalized spacial score (nSPS) is 22.5. The Morgan fingerprint density at radius 3 is 2.38 bits per heavy atom. The number of aliphatic carboxylic acids is 1. The van der Waals surface area contributed by atoms with E-state index < -0.39 is 90.1 Å². The van der Waals surface area contributed by atoms with Gasteiger partial charge in [-0.05, 0) is 49.2 Å². The third-order valence-electron chi connectivity index (χ3n) is 12.8. The van der Waals surface area contributed by atoms with Crippen LogP contribution in [0.4, 0.5) is 10.5 Å². The molecule has 0 saturated carbocycles. The molecule has 5 aliphatic heterocycles. The number of carbonyl (C=O) groups is 7. The number of hydrogen-bond donors (Lipinski definition) is 7. The van der Waals surface area contributed by atoms with E-state index in [1.807, 2.05) is 0 Å². The van der Waals surface area contributed by atoms with Gasteiger partial charge in [0, 0.05) is 67.2 Å². The van der Waals surface area contributed by atoms with Gasteiger partial charge in [0.15, 0.2) is 23.2 Å². The topological polar surface area (TPSA) is 341 Å². The lowest BCUT2D eigenvalue weighted by molar-refractivity contribution is -0.271. The highest BCUT2D eigenvalue weighted by Gasteiger charge is 2.48. The van der Waals surface area contributed by atoms with Crippen molar-refractivity contribution in [2.75, 3.05) is 31.7 Å². The number of nitrogens with one attached hydrogen (secondary N) is 2. The lowest BCUT2D eigenvalue weighted by Gasteiger charge is -2.38. The summed E-state index contributed by atoms with van der Waals surface area (Å²) in [5.41, 5.74) is 0.0652. The maximum Gasteiger partial charge on any atom is 0.410 e. The number of aliphatic hydroxyl groups excluding tert-OH is 3. The third-order valence-corrected chi connectivity index (χ3v) is 12.8. The van der Waals surface area contributed by atoms with Crippen LogP contribution in [0.2, 0.25) is 0 Å². The molecule has 1 saturated heterocycles. The van der Waals surface area contributed by atoms with Gasteiger partial charge < -0.3 is 74.1 Å². The van der Waals surface area contributed by atoms with Crippen LogP contribution in [0.15, 0.2) is 53.3 Å². The Labute approximate surface area is 406 Å². The van der Waals surface area contributed by atoms with Crippen molar-refractivity contribution in [3.8, 4) is 28.6 Å². The van der Waals surface area contributed by atoms with E-state index in [0.717, 1.165) is 17.1 Å². The van der Waals surface area contributed by atoms with Crippen molar-refractivity contribution in [1.29, 1.82) is 0 Å². The molecule has 2 aromatic heterocycles. The third kappa shape index (κ3) is 9.14. The van der Waals surface area contributed by atoms with Crippen molar-refractivity contribution in [3.05, 3.63) is 86.7 Å². The Morgan fingerprint density at radius 1 is 0.917 bits per heavy atom. The van der Waals surface area contributed by atoms with Gasteiger partial charge >= 0.3 is 18.0 Å². The second-order valence-electron chi connectivity index (χ2n) is 17.4. The van der Waals surface area contributed by atoms with Crippen molar-refractivity contribution < 1.29 is 87.5 Å². The summed E-state index contributed by atoms with van der Waals surface area (Å²) in [5.74, 6) is -4.31. The molecule has 2 aromatic carbocycles. The molecule has 5 amide bonds. The summed E-state index contributed by atoms with van der Waals surface area (Å²) < 4.78 is 34.7. The molecule has 0 radical (unpaired) electrons. The van der Waals surface area contributed by atoms with E-state index >= 15 is 0 Å². The number of carboxylic acids is 1. The summed E-state index contributed by atoms with van der Waals surface area (Å²) in [6.45, 7) is 1.87. The maximum atomic E-state index is 14.0. The van der Waals surface area contributed by atoms with Crippen LogP contribution in [0.1, 0.15) is 54.5 Å². The highest BCUT2D eigenvalue weighted by molar-refractivity contribution is 6.13. The first-order valence-electron chi connectivity index (χ1n) is 22.5. The summed E-state index contributed by atoms with van der Waals surface area (Å²) in [5, 5.41) is 57.7. The number of imide groups is 1. The molecule has 9 rings (SSSR count). The molecule has 5 aliphatic rings. The standard InChI is InChI=1S/C47H46N6O19/c1-3-51(16-23-22-13-31-32(70-20-69-31)15-27(22)50-37-24(23)17-53-29(37)14-26-25(42(53)61)19-67-45(64)47(26,2)66)46(65)68-18-21-4-5-30(71-44-40(60)38(58)39(59)41(72-44)43(62)63)28(12-21)49-34(55)8-10-48-33(54)9-11-52-35(56)6-7-36(52)57/h4-7,12-15,38-41,44,58-60,66H,3,8-11,16-20H2,1-2H3,(H,48,54)(H,49,55)(H,62,63)/t38-,39-,40+,41-,44+,47-/m0/s1. The predicted octanol–water partition coefficient (Wildman–Crippen LogP) is -0.392. The molecule has 378 valence electrons. The molecule has 72 heavy (non-hydrogen) atoms. The maximum absolute atomic E-state index is 14.0. The predicted molar refractivity (Wildman–Crippen MR) is 240 cm³/mol. The van der Waals surface area contributed by atoms with E-state index in [0.29, 0.717) is 44.9 Å². The van der Waals surface area contributed by atoms with Crippen molar-refractivity contribution >= 4 is 58.3 Å². The van der Waals surface area contributed by atoms with Gasteiger partial charge in [-0.1, -0.05) is 6.07 Å². The number of carbonyl (C=O) groups excluding carboxylic acids is 6. The second-order valence-corrected chi connectivity index (χ2v) is 17.4. The SMILES string of the molecule is CCN(Cc1c2c(nc3cc4c(cc13)OCO4)-c1cc3c(c(=O)n1C2)COC(=O)[C@@]3(C)O)C(=O)OCc1ccc(O[C@@H]2O[C@H](C(=O)O)[C@@H](O)[C@H](O)[C@H]2O)c(NC(=O)CCNC(=O)CCN2C(=O)C=CC2=O)c1. The zero-order valence-electron chi connectivity index (χ0n) is 38.3. The summed E-state index contributed by atoms with van der Waals surface area (Å²) >= 11 is 0. The van der Waals surface area contributed by atoms with Crippen LogP contribution >= 0.6 is 0 Å². The minimum Gasteiger partial charge on any atom is -0.479 e. The minimum atomic E-state index is -2.11. The zero-order chi connectivity index (χ0) is 51.3. The number of anilines is 1. The minimum absolute atomic E-state index is 0.0158. The monoisotopic (exact) mass is 998 g/mol. The number of pyridine rings is 2. The Balaban J connectivity index is 0.943. The summed E-state index contributed by atoms with van der Waals surface area (Å²) in [4.78, 5) is 109. The molecule has 25 heteroatoms. The number of fused-ring (bicyclic) bond motifs is 6. The molecular weight excluding hydrogens is 953 g/mol. The molecule has 4 aromatic rings. The molecule has 0 bridgehead atoms. The van der Waals surface area contributed by atoms with E-state index in [2.05, 4.69) is 10.6 Å². The van der Waals surface area contributed by atoms with E-state index in [9.17, 15) is 63.9 Å². The van der Waals surface area contributed by atoms with E-state index in [-0.39, 0.29) is 87.1 Å². The molecule has 7 N–H and O–H groups in total. The number of aliphatic hydroxyl groups is 4. The number of ether oxygens (including phenoxy) is 6. The highest BCUT2D eigenvalue weighted by atomic mass is 16.7. The number of esters is 1. The number of carboxylic acid groups (broad SMARTS) is 1. The number of hydrogen-bond acceptors (Lipinski definition) is 19. The van der Waals surface area contributed by atoms with Gasteiger partial charge in [-0.3, -0.25) is 28.9 Å². The quantitative estimate of drug-likeness (QED) is 0.0519. The Bertz CT molecular complexity index is 3040. The molecule has 25 nitrogen and oxygen atoms in total. The fourth-order valence-electron chi connectivity index (χ4n) is 8.84. The van der Waals surface area contributed by atoms with Gasteiger partial charge in [-0.25, -0.2) is 19.4 Å². The Morgan fingerprint density at radius 2 is 1.65 bits per heavy atom. The largest absolute Gasteiger partial charge is 0.479 e. The Kier molecular flexibility index (Phi) is 13.2. The molecule has 6 atom stereocenters. The van der Waals surface area contributed by atoms with Gasteiger partial charge in [0.2, 0.25) is 24.9 Å². The van der Waals surface area contributed by atoms with Crippen LogP contribution in [-0.2, 0) is 74.9 Å². The van der Waals surface area contributed by atoms with E-state index in [4.69, 9.17) is 33.4 Å². The van der Waals surface area contributed by atoms with Crippen LogP contribution in [0, 0.1) is 0 Å². The number of benzene rings is 2. The van der Waals surface area contributed by atoms with Crippen LogP contribution in [-0.4, -0.2) is 144 Å². The molecule has 1 fully saturated rings. The van der Waals surface area contributed by atoms with Crippen LogP contribution in [0.25, 0.3) is 22.3 Å². The van der Waals surface area contributed by atoms with Gasteiger partial charge in [0.25, 0.3) is 17.4 Å². The first-order valence-corrected chi connectivity index (χ1v) is 22.5.